The van der Waals surface area contributed by atoms with Crippen LogP contribution < -0.4 is 29.6 Å². The molecule has 0 heterocycles. The van der Waals surface area contributed by atoms with Crippen LogP contribution in [0.3, 0.4) is 0 Å². The summed E-state index contributed by atoms with van der Waals surface area (Å²) in [4.78, 5) is 11.4. The molecule has 0 N–H and O–H groups in total. The molecule has 0 bridgehead atoms. The van der Waals surface area contributed by atoms with Gasteiger partial charge in [0.25, 0.3) is 0 Å². The largest absolute Gasteiger partial charge is 1.00 e. The molecule has 0 aliphatic carbocycles. The van der Waals surface area contributed by atoms with Crippen LogP contribution in [0.2, 0.25) is 0 Å². The summed E-state index contributed by atoms with van der Waals surface area (Å²) in [5, 5.41) is 0. The summed E-state index contributed by atoms with van der Waals surface area (Å²) in [5.74, 6) is -0.767. The fourth-order valence-corrected chi connectivity index (χ4v) is 1.90. The summed E-state index contributed by atoms with van der Waals surface area (Å²) in [6.45, 7) is 4.78. The molecule has 17 heavy (non-hydrogen) atoms. The molecule has 0 unspecified atom stereocenters. The van der Waals surface area contributed by atoms with Crippen LogP contribution in [-0.4, -0.2) is 14.4 Å². The van der Waals surface area contributed by atoms with Crippen molar-refractivity contribution < 1.29 is 48.4 Å². The normalized spacial score (nSPS) is 11.5. The van der Waals surface area contributed by atoms with E-state index in [0.29, 0.717) is 0 Å². The number of benzene rings is 1. The fourth-order valence-electron chi connectivity index (χ4n) is 0.860. The van der Waals surface area contributed by atoms with E-state index in [2.05, 4.69) is 4.18 Å². The molecular weight excluding hydrogens is 251 g/mol. The molecule has 0 aliphatic rings. The topological polar surface area (TPSA) is 60.4 Å². The zero-order valence-electron chi connectivity index (χ0n) is 11.4. The summed E-state index contributed by atoms with van der Waals surface area (Å²) in [6.07, 6.45) is 0. The molecular formula is C11H15NaO4S. The molecule has 90 valence electrons. The molecule has 1 aromatic rings. The number of hydrogen-bond donors (Lipinski definition) is 0. The van der Waals surface area contributed by atoms with Gasteiger partial charge in [-0.25, -0.2) is 0 Å². The Hall–Kier alpha value is -0.360. The molecule has 0 aliphatic heterocycles. The minimum absolute atomic E-state index is 0. The van der Waals surface area contributed by atoms with Crippen molar-refractivity contribution in [2.75, 3.05) is 0 Å². The van der Waals surface area contributed by atoms with Gasteiger partial charge in [0.15, 0.2) is 0 Å². The third-order valence-electron chi connectivity index (χ3n) is 1.83. The molecule has 0 saturated carbocycles. The Morgan fingerprint density at radius 2 is 1.65 bits per heavy atom. The van der Waals surface area contributed by atoms with Crippen LogP contribution in [-0.2, 0) is 19.1 Å². The van der Waals surface area contributed by atoms with E-state index in [1.807, 2.05) is 0 Å². The second-order valence-electron chi connectivity index (χ2n) is 4.39. The molecule has 6 heteroatoms. The van der Waals surface area contributed by atoms with E-state index in [4.69, 9.17) is 0 Å². The maximum atomic E-state index is 11.6. The van der Waals surface area contributed by atoms with E-state index in [-0.39, 0.29) is 35.9 Å². The predicted molar refractivity (Wildman–Crippen MR) is 60.3 cm³/mol. The van der Waals surface area contributed by atoms with E-state index in [0.717, 1.165) is 0 Å². The minimum Gasteiger partial charge on any atom is -1.00 e. The summed E-state index contributed by atoms with van der Waals surface area (Å²) in [6, 6.07) is 7.58. The average Bonchev–Trinajstić information content (AvgIpc) is 2.17. The van der Waals surface area contributed by atoms with E-state index in [1.54, 1.807) is 39.0 Å². The van der Waals surface area contributed by atoms with E-state index in [1.165, 1.54) is 12.1 Å². The van der Waals surface area contributed by atoms with Crippen LogP contribution in [0, 0.1) is 5.41 Å². The second-order valence-corrected chi connectivity index (χ2v) is 5.93. The van der Waals surface area contributed by atoms with Gasteiger partial charge in [-0.15, -0.1) is 0 Å². The van der Waals surface area contributed by atoms with Gasteiger partial charge in [0, 0.05) is 0 Å². The van der Waals surface area contributed by atoms with Crippen LogP contribution in [0.25, 0.3) is 0 Å². The zero-order valence-corrected chi connectivity index (χ0v) is 13.2. The first-order valence-electron chi connectivity index (χ1n) is 4.77. The SMILES string of the molecule is CC(C)(C)C(=O)OS(=O)(=O)c1ccccc1.[H-].[Na+]. The van der Waals surface area contributed by atoms with E-state index >= 15 is 0 Å². The van der Waals surface area contributed by atoms with Crippen LogP contribution in [0.5, 0.6) is 0 Å². The van der Waals surface area contributed by atoms with Crippen LogP contribution >= 0.6 is 0 Å². The molecule has 0 spiro atoms. The molecule has 0 aromatic heterocycles. The monoisotopic (exact) mass is 266 g/mol. The first kappa shape index (κ1) is 16.6. The number of hydrogen-bond acceptors (Lipinski definition) is 4. The minimum atomic E-state index is -3.99. The van der Waals surface area contributed by atoms with Gasteiger partial charge in [0.05, 0.1) is 5.41 Å². The fraction of sp³-hybridized carbons (Fsp3) is 0.364. The average molecular weight is 266 g/mol. The second kappa shape index (κ2) is 6.00. The van der Waals surface area contributed by atoms with Gasteiger partial charge in [-0.3, -0.25) is 4.79 Å². The first-order valence-corrected chi connectivity index (χ1v) is 6.18. The van der Waals surface area contributed by atoms with Gasteiger partial charge in [0.2, 0.25) is 0 Å². The van der Waals surface area contributed by atoms with Crippen molar-refractivity contribution in [3.05, 3.63) is 30.3 Å². The molecule has 0 radical (unpaired) electrons. The van der Waals surface area contributed by atoms with Gasteiger partial charge in [-0.2, -0.15) is 8.42 Å². The third kappa shape index (κ3) is 4.79. The van der Waals surface area contributed by atoms with Crippen molar-refractivity contribution in [1.29, 1.82) is 0 Å². The Balaban J connectivity index is 0. The van der Waals surface area contributed by atoms with Crippen molar-refractivity contribution in [2.45, 2.75) is 25.7 Å². The molecule has 4 nitrogen and oxygen atoms in total. The van der Waals surface area contributed by atoms with Crippen LogP contribution in [0.4, 0.5) is 0 Å². The van der Waals surface area contributed by atoms with Crippen molar-refractivity contribution in [3.8, 4) is 0 Å². The van der Waals surface area contributed by atoms with Crippen molar-refractivity contribution in [3.63, 3.8) is 0 Å². The van der Waals surface area contributed by atoms with Gasteiger partial charge in [-0.1, -0.05) is 18.2 Å². The number of carbonyl (C=O) groups excluding carboxylic acids is 1. The Morgan fingerprint density at radius 1 is 1.18 bits per heavy atom. The molecule has 0 amide bonds. The molecule has 1 rings (SSSR count). The quantitative estimate of drug-likeness (QED) is 0.513. The number of carbonyl (C=O) groups is 1. The Labute approximate surface area is 125 Å². The van der Waals surface area contributed by atoms with Gasteiger partial charge in [0.1, 0.15) is 4.90 Å². The summed E-state index contributed by atoms with van der Waals surface area (Å²) >= 11 is 0. The molecule has 0 fully saturated rings. The third-order valence-corrected chi connectivity index (χ3v) is 3.05. The summed E-state index contributed by atoms with van der Waals surface area (Å²) in [5.41, 5.74) is -0.845. The molecule has 0 atom stereocenters. The predicted octanol–water partition coefficient (Wildman–Crippen LogP) is -0.919. The number of rotatable bonds is 2. The maximum absolute atomic E-state index is 11.6. The summed E-state index contributed by atoms with van der Waals surface area (Å²) in [7, 11) is -3.99. The smallest absolute Gasteiger partial charge is 1.00 e. The van der Waals surface area contributed by atoms with Crippen LogP contribution in [0.15, 0.2) is 35.2 Å². The Morgan fingerprint density at radius 3 is 2.06 bits per heavy atom. The van der Waals surface area contributed by atoms with Crippen molar-refractivity contribution in [1.82, 2.24) is 0 Å². The van der Waals surface area contributed by atoms with Gasteiger partial charge in [-0.05, 0) is 32.9 Å². The van der Waals surface area contributed by atoms with Gasteiger partial charge >= 0.3 is 45.6 Å². The summed E-state index contributed by atoms with van der Waals surface area (Å²) < 4.78 is 27.8. The van der Waals surface area contributed by atoms with Gasteiger partial charge < -0.3 is 5.61 Å². The van der Waals surface area contributed by atoms with E-state index < -0.39 is 21.5 Å². The molecule has 1 aromatic carbocycles. The van der Waals surface area contributed by atoms with Crippen molar-refractivity contribution in [2.24, 2.45) is 5.41 Å². The van der Waals surface area contributed by atoms with Crippen molar-refractivity contribution >= 4 is 16.1 Å². The standard InChI is InChI=1S/C11H14O4S.Na.H/c1-11(2,3)10(12)15-16(13,14)9-7-5-4-6-8-9;;/h4-8H,1-3H3;;/q;+1;-1. The van der Waals surface area contributed by atoms with Crippen LogP contribution in [0.1, 0.15) is 22.2 Å². The Bertz CT molecular complexity index is 480. The Kier molecular flexibility index (Phi) is 5.87. The zero-order chi connectivity index (χ0) is 12.4. The first-order chi connectivity index (χ1) is 7.23. The molecule has 0 saturated heterocycles. The van der Waals surface area contributed by atoms with E-state index in [9.17, 15) is 13.2 Å². The maximum Gasteiger partial charge on any atom is 1.00 e.